The minimum atomic E-state index is -2.93. The van der Waals surface area contributed by atoms with Crippen LogP contribution in [0.4, 0.5) is 8.78 Å². The molecule has 0 bridgehead atoms. The Morgan fingerprint density at radius 1 is 1.25 bits per heavy atom. The van der Waals surface area contributed by atoms with Crippen molar-refractivity contribution in [2.75, 3.05) is 0 Å². The van der Waals surface area contributed by atoms with E-state index in [-0.39, 0.29) is 17.2 Å². The average molecular weight is 285 g/mol. The number of carbonyl (C=O) groups excluding carboxylic acids is 1. The van der Waals surface area contributed by atoms with E-state index in [4.69, 9.17) is 5.11 Å². The van der Waals surface area contributed by atoms with Gasteiger partial charge >= 0.3 is 12.6 Å². The van der Waals surface area contributed by atoms with Crippen molar-refractivity contribution in [3.8, 4) is 5.75 Å². The van der Waals surface area contributed by atoms with Crippen LogP contribution in [0.1, 0.15) is 23.2 Å². The third-order valence-corrected chi connectivity index (χ3v) is 2.99. The normalized spacial score (nSPS) is 15.8. The number of amides is 1. The third-order valence-electron chi connectivity index (χ3n) is 2.99. The van der Waals surface area contributed by atoms with Gasteiger partial charge in [0.1, 0.15) is 11.8 Å². The first-order valence-corrected chi connectivity index (χ1v) is 6.06. The molecule has 1 unspecified atom stereocenters. The van der Waals surface area contributed by atoms with Gasteiger partial charge in [0.05, 0.1) is 0 Å². The van der Waals surface area contributed by atoms with Crippen molar-refractivity contribution >= 4 is 11.9 Å². The van der Waals surface area contributed by atoms with Crippen molar-refractivity contribution in [3.63, 3.8) is 0 Å². The molecule has 1 saturated carbocycles. The van der Waals surface area contributed by atoms with Crippen LogP contribution >= 0.6 is 0 Å². The van der Waals surface area contributed by atoms with Crippen LogP contribution in [-0.4, -0.2) is 29.6 Å². The number of carbonyl (C=O) groups is 2. The summed E-state index contributed by atoms with van der Waals surface area (Å²) in [5.41, 5.74) is 0.193. The summed E-state index contributed by atoms with van der Waals surface area (Å²) >= 11 is 0. The molecule has 0 spiro atoms. The zero-order chi connectivity index (χ0) is 14.7. The Hall–Kier alpha value is -2.18. The van der Waals surface area contributed by atoms with Crippen LogP contribution in [0, 0.1) is 5.92 Å². The van der Waals surface area contributed by atoms with E-state index < -0.39 is 24.5 Å². The van der Waals surface area contributed by atoms with Crippen molar-refractivity contribution in [1.29, 1.82) is 0 Å². The lowest BCUT2D eigenvalue weighted by atomic mass is 10.1. The summed E-state index contributed by atoms with van der Waals surface area (Å²) < 4.78 is 28.1. The van der Waals surface area contributed by atoms with Gasteiger partial charge in [0.2, 0.25) is 0 Å². The Labute approximate surface area is 113 Å². The number of hydrogen-bond donors (Lipinski definition) is 2. The molecule has 1 aromatic carbocycles. The van der Waals surface area contributed by atoms with Crippen LogP contribution in [0.3, 0.4) is 0 Å². The predicted molar refractivity (Wildman–Crippen MR) is 64.7 cm³/mol. The number of halogens is 2. The molecule has 20 heavy (non-hydrogen) atoms. The van der Waals surface area contributed by atoms with Gasteiger partial charge in [0.15, 0.2) is 0 Å². The van der Waals surface area contributed by atoms with E-state index in [0.717, 1.165) is 12.8 Å². The first kappa shape index (κ1) is 14.2. The Morgan fingerprint density at radius 3 is 2.30 bits per heavy atom. The predicted octanol–water partition coefficient (Wildman–Crippen LogP) is 1.88. The third kappa shape index (κ3) is 3.66. The van der Waals surface area contributed by atoms with E-state index in [1.807, 2.05) is 0 Å². The van der Waals surface area contributed by atoms with Gasteiger partial charge in [-0.2, -0.15) is 8.78 Å². The number of benzene rings is 1. The molecule has 0 aromatic heterocycles. The molecule has 0 heterocycles. The highest BCUT2D eigenvalue weighted by molar-refractivity contribution is 5.96. The van der Waals surface area contributed by atoms with E-state index in [0.29, 0.717) is 0 Å². The maximum absolute atomic E-state index is 12.0. The van der Waals surface area contributed by atoms with Gasteiger partial charge < -0.3 is 15.2 Å². The SMILES string of the molecule is O=C(NC(C(=O)O)C1CC1)c1ccc(OC(F)F)cc1. The number of alkyl halides is 2. The summed E-state index contributed by atoms with van der Waals surface area (Å²) in [7, 11) is 0. The van der Waals surface area contributed by atoms with Gasteiger partial charge in [-0.3, -0.25) is 4.79 Å². The van der Waals surface area contributed by atoms with E-state index in [1.54, 1.807) is 0 Å². The topological polar surface area (TPSA) is 75.6 Å². The molecule has 1 aromatic rings. The van der Waals surface area contributed by atoms with Crippen LogP contribution in [-0.2, 0) is 4.79 Å². The molecule has 0 radical (unpaired) electrons. The fraction of sp³-hybridized carbons (Fsp3) is 0.385. The van der Waals surface area contributed by atoms with Gasteiger partial charge in [-0.1, -0.05) is 0 Å². The van der Waals surface area contributed by atoms with Crippen molar-refractivity contribution in [3.05, 3.63) is 29.8 Å². The minimum absolute atomic E-state index is 0.0297. The van der Waals surface area contributed by atoms with Crippen LogP contribution in [0.25, 0.3) is 0 Å². The second-order valence-electron chi connectivity index (χ2n) is 4.53. The highest BCUT2D eigenvalue weighted by Gasteiger charge is 2.37. The lowest BCUT2D eigenvalue weighted by molar-refractivity contribution is -0.139. The monoisotopic (exact) mass is 285 g/mol. The maximum atomic E-state index is 12.0. The number of hydrogen-bond acceptors (Lipinski definition) is 3. The molecule has 7 heteroatoms. The van der Waals surface area contributed by atoms with Crippen molar-refractivity contribution in [2.24, 2.45) is 5.92 Å². The average Bonchev–Trinajstić information content (AvgIpc) is 3.19. The number of aliphatic carboxylic acids is 1. The molecule has 1 aliphatic rings. The first-order chi connectivity index (χ1) is 9.47. The summed E-state index contributed by atoms with van der Waals surface area (Å²) in [5.74, 6) is -1.71. The fourth-order valence-corrected chi connectivity index (χ4v) is 1.82. The summed E-state index contributed by atoms with van der Waals surface area (Å²) in [6.45, 7) is -2.93. The second kappa shape index (κ2) is 5.85. The molecule has 1 fully saturated rings. The van der Waals surface area contributed by atoms with Gasteiger partial charge in [0.25, 0.3) is 5.91 Å². The smallest absolute Gasteiger partial charge is 0.387 e. The molecule has 2 N–H and O–H groups in total. The van der Waals surface area contributed by atoms with Crippen molar-refractivity contribution in [2.45, 2.75) is 25.5 Å². The van der Waals surface area contributed by atoms with E-state index in [2.05, 4.69) is 10.1 Å². The molecule has 1 atom stereocenters. The molecule has 1 amide bonds. The van der Waals surface area contributed by atoms with Crippen LogP contribution in [0.5, 0.6) is 5.75 Å². The second-order valence-corrected chi connectivity index (χ2v) is 4.53. The number of carboxylic acids is 1. The highest BCUT2D eigenvalue weighted by Crippen LogP contribution is 2.32. The quantitative estimate of drug-likeness (QED) is 0.836. The summed E-state index contributed by atoms with van der Waals surface area (Å²) in [5, 5.41) is 11.4. The van der Waals surface area contributed by atoms with E-state index in [1.165, 1.54) is 24.3 Å². The number of ether oxygens (including phenoxy) is 1. The fourth-order valence-electron chi connectivity index (χ4n) is 1.82. The molecule has 5 nitrogen and oxygen atoms in total. The van der Waals surface area contributed by atoms with Crippen molar-refractivity contribution in [1.82, 2.24) is 5.32 Å². The Kier molecular flexibility index (Phi) is 4.16. The summed E-state index contributed by atoms with van der Waals surface area (Å²) in [4.78, 5) is 22.9. The van der Waals surface area contributed by atoms with Crippen LogP contribution in [0.15, 0.2) is 24.3 Å². The van der Waals surface area contributed by atoms with Gasteiger partial charge in [0, 0.05) is 5.56 Å². The van der Waals surface area contributed by atoms with E-state index >= 15 is 0 Å². The summed E-state index contributed by atoms with van der Waals surface area (Å²) in [6.07, 6.45) is 1.55. The van der Waals surface area contributed by atoms with Crippen molar-refractivity contribution < 1.29 is 28.2 Å². The maximum Gasteiger partial charge on any atom is 0.387 e. The molecule has 1 aliphatic carbocycles. The number of rotatable bonds is 6. The van der Waals surface area contributed by atoms with Gasteiger partial charge in [-0.05, 0) is 43.0 Å². The summed E-state index contributed by atoms with van der Waals surface area (Å²) in [6, 6.07) is 4.17. The van der Waals surface area contributed by atoms with Gasteiger partial charge in [-0.15, -0.1) is 0 Å². The molecular formula is C13H13F2NO4. The molecular weight excluding hydrogens is 272 g/mol. The lowest BCUT2D eigenvalue weighted by Crippen LogP contribution is -2.42. The van der Waals surface area contributed by atoms with E-state index in [9.17, 15) is 18.4 Å². The number of carboxylic acid groups (broad SMARTS) is 1. The Balaban J connectivity index is 1.99. The minimum Gasteiger partial charge on any atom is -0.480 e. The largest absolute Gasteiger partial charge is 0.480 e. The molecule has 0 aliphatic heterocycles. The Bertz CT molecular complexity index is 500. The lowest BCUT2D eigenvalue weighted by Gasteiger charge is -2.13. The Morgan fingerprint density at radius 2 is 1.85 bits per heavy atom. The standard InChI is InChI=1S/C13H13F2NO4/c14-13(15)20-9-5-3-8(4-6-9)11(17)16-10(12(18)19)7-1-2-7/h3-7,10,13H,1-2H2,(H,16,17)(H,18,19). The zero-order valence-electron chi connectivity index (χ0n) is 10.4. The first-order valence-electron chi connectivity index (χ1n) is 6.06. The molecule has 0 saturated heterocycles. The number of nitrogens with one attached hydrogen (secondary N) is 1. The van der Waals surface area contributed by atoms with Crippen LogP contribution in [0.2, 0.25) is 0 Å². The van der Waals surface area contributed by atoms with Crippen LogP contribution < -0.4 is 10.1 Å². The molecule has 108 valence electrons. The zero-order valence-corrected chi connectivity index (χ0v) is 10.4. The van der Waals surface area contributed by atoms with Gasteiger partial charge in [-0.25, -0.2) is 4.79 Å². The highest BCUT2D eigenvalue weighted by atomic mass is 19.3. The molecule has 2 rings (SSSR count).